The third-order valence-corrected chi connectivity index (χ3v) is 7.62. The van der Waals surface area contributed by atoms with Gasteiger partial charge in [0.1, 0.15) is 11.6 Å². The number of benzene rings is 1. The van der Waals surface area contributed by atoms with Crippen LogP contribution in [-0.2, 0) is 4.79 Å². The molecular weight excluding hydrogens is 421 g/mol. The predicted octanol–water partition coefficient (Wildman–Crippen LogP) is 1.43. The molecule has 2 bridgehead atoms. The van der Waals surface area contributed by atoms with Gasteiger partial charge < -0.3 is 26.0 Å². The molecule has 1 amide bonds. The Bertz CT molecular complexity index is 815. The van der Waals surface area contributed by atoms with Crippen molar-refractivity contribution in [3.05, 3.63) is 29.0 Å². The van der Waals surface area contributed by atoms with E-state index < -0.39 is 5.82 Å². The molecule has 0 spiro atoms. The van der Waals surface area contributed by atoms with Gasteiger partial charge in [0, 0.05) is 43.4 Å². The van der Waals surface area contributed by atoms with E-state index >= 15 is 0 Å². The molecule has 31 heavy (non-hydrogen) atoms. The molecule has 2 heterocycles. The summed E-state index contributed by atoms with van der Waals surface area (Å²) in [6.07, 6.45) is 5.73. The molecule has 1 aromatic carbocycles. The van der Waals surface area contributed by atoms with Crippen molar-refractivity contribution in [3.8, 4) is 5.75 Å². The van der Waals surface area contributed by atoms with Crippen LogP contribution in [0.4, 0.5) is 4.39 Å². The van der Waals surface area contributed by atoms with E-state index in [1.165, 1.54) is 12.1 Å². The lowest BCUT2D eigenvalue weighted by molar-refractivity contribution is -0.125. The minimum absolute atomic E-state index is 0.0397. The van der Waals surface area contributed by atoms with E-state index in [1.54, 1.807) is 6.07 Å². The summed E-state index contributed by atoms with van der Waals surface area (Å²) in [5.41, 5.74) is -0.112. The molecule has 5 fully saturated rings. The van der Waals surface area contributed by atoms with E-state index in [0.29, 0.717) is 29.9 Å². The Balaban J connectivity index is 1.08. The van der Waals surface area contributed by atoms with Crippen LogP contribution in [0.15, 0.2) is 18.2 Å². The third-order valence-electron chi connectivity index (χ3n) is 7.31. The molecule has 7 nitrogen and oxygen atoms in total. The highest BCUT2D eigenvalue weighted by atomic mass is 35.5. The molecule has 0 aromatic heterocycles. The van der Waals surface area contributed by atoms with Gasteiger partial charge in [0.25, 0.3) is 5.91 Å². The first kappa shape index (κ1) is 21.4. The second kappa shape index (κ2) is 8.83. The summed E-state index contributed by atoms with van der Waals surface area (Å²) in [5, 5.41) is 14.2. The number of amides is 1. The number of piperidine rings is 1. The highest BCUT2D eigenvalue weighted by molar-refractivity contribution is 6.30. The highest BCUT2D eigenvalue weighted by Crippen LogP contribution is 2.52. The number of hydrogen-bond donors (Lipinski definition) is 4. The van der Waals surface area contributed by atoms with Crippen LogP contribution in [0.25, 0.3) is 0 Å². The molecule has 5 aliphatic rings. The Morgan fingerprint density at radius 3 is 2.97 bits per heavy atom. The van der Waals surface area contributed by atoms with Crippen molar-refractivity contribution in [2.75, 3.05) is 32.9 Å². The number of nitrogens with zero attached hydrogens (tertiary/aromatic N) is 1. The van der Waals surface area contributed by atoms with Crippen LogP contribution in [0.2, 0.25) is 5.02 Å². The molecule has 9 heteroatoms. The average molecular weight is 452 g/mol. The summed E-state index contributed by atoms with van der Waals surface area (Å²) in [5.74, 6) is 0.234. The molecule has 2 aliphatic heterocycles. The normalized spacial score (nSPS) is 35.0. The van der Waals surface area contributed by atoms with E-state index in [9.17, 15) is 9.18 Å². The Morgan fingerprint density at radius 2 is 2.19 bits per heavy atom. The van der Waals surface area contributed by atoms with E-state index in [4.69, 9.17) is 16.3 Å². The molecular formula is C22H31ClFN5O2. The zero-order valence-electron chi connectivity index (χ0n) is 17.6. The molecule has 3 saturated carbocycles. The zero-order chi connectivity index (χ0) is 21.4. The largest absolute Gasteiger partial charge is 0.484 e. The lowest BCUT2D eigenvalue weighted by Gasteiger charge is -2.40. The van der Waals surface area contributed by atoms with E-state index in [0.717, 1.165) is 58.4 Å². The first-order chi connectivity index (χ1) is 15.0. The van der Waals surface area contributed by atoms with Gasteiger partial charge in [0.15, 0.2) is 6.61 Å². The fourth-order valence-electron chi connectivity index (χ4n) is 5.80. The van der Waals surface area contributed by atoms with E-state index in [1.807, 2.05) is 0 Å². The van der Waals surface area contributed by atoms with Crippen molar-refractivity contribution >= 4 is 17.5 Å². The van der Waals surface area contributed by atoms with Gasteiger partial charge in [0.05, 0.1) is 11.2 Å². The van der Waals surface area contributed by atoms with Crippen molar-refractivity contribution in [3.63, 3.8) is 0 Å². The topological polar surface area (TPSA) is 77.7 Å². The van der Waals surface area contributed by atoms with Gasteiger partial charge in [-0.1, -0.05) is 11.6 Å². The summed E-state index contributed by atoms with van der Waals surface area (Å²) in [6, 6.07) is 5.18. The summed E-state index contributed by atoms with van der Waals surface area (Å²) in [6.45, 7) is 4.07. The summed E-state index contributed by atoms with van der Waals surface area (Å²) in [7, 11) is 0. The number of ether oxygens (including phenoxy) is 1. The molecule has 3 unspecified atom stereocenters. The molecule has 2 saturated heterocycles. The lowest BCUT2D eigenvalue weighted by atomic mass is 9.76. The second-order valence-electron chi connectivity index (χ2n) is 9.50. The average Bonchev–Trinajstić information content (AvgIpc) is 3.44. The molecule has 0 radical (unpaired) electrons. The smallest absolute Gasteiger partial charge is 0.258 e. The minimum Gasteiger partial charge on any atom is -0.484 e. The maximum atomic E-state index is 13.5. The number of nitrogens with one attached hydrogen (secondary N) is 4. The van der Waals surface area contributed by atoms with Gasteiger partial charge in [-0.3, -0.25) is 9.69 Å². The standard InChI is InChI=1S/C22H31ClFN5O2/c23-17-2-1-16(8-18(17)24)31-12-21(30)28-22-9-14(10-22)19(11-22)27-15-3-4-26-20(7-15)29-6-5-25-13-29/h1-2,8,14-15,19-20,25-27H,3-7,9-13H2,(H,28,30). The number of halogens is 2. The van der Waals surface area contributed by atoms with Crippen LogP contribution in [0.5, 0.6) is 5.75 Å². The van der Waals surface area contributed by atoms with Crippen molar-refractivity contribution in [1.82, 2.24) is 26.2 Å². The van der Waals surface area contributed by atoms with Crippen LogP contribution in [-0.4, -0.2) is 67.5 Å². The maximum Gasteiger partial charge on any atom is 0.258 e. The van der Waals surface area contributed by atoms with Crippen molar-refractivity contribution in [1.29, 1.82) is 0 Å². The monoisotopic (exact) mass is 451 g/mol. The van der Waals surface area contributed by atoms with Gasteiger partial charge in [0.2, 0.25) is 0 Å². The number of carbonyl (C=O) groups excluding carboxylic acids is 1. The Kier molecular flexibility index (Phi) is 6.09. The van der Waals surface area contributed by atoms with Gasteiger partial charge in [-0.05, 0) is 56.7 Å². The number of hydrogen-bond acceptors (Lipinski definition) is 6. The van der Waals surface area contributed by atoms with Gasteiger partial charge >= 0.3 is 0 Å². The maximum absolute atomic E-state index is 13.5. The predicted molar refractivity (Wildman–Crippen MR) is 116 cm³/mol. The third kappa shape index (κ3) is 4.68. The summed E-state index contributed by atoms with van der Waals surface area (Å²) < 4.78 is 19.0. The number of fused-ring (bicyclic) bond motifs is 1. The molecule has 4 N–H and O–H groups in total. The molecule has 3 atom stereocenters. The zero-order valence-corrected chi connectivity index (χ0v) is 18.4. The number of carbonyl (C=O) groups is 1. The van der Waals surface area contributed by atoms with Crippen molar-refractivity contribution in [2.45, 2.75) is 55.9 Å². The minimum atomic E-state index is -0.550. The fraction of sp³-hybridized carbons (Fsp3) is 0.682. The first-order valence-corrected chi connectivity index (χ1v) is 11.7. The fourth-order valence-corrected chi connectivity index (χ4v) is 5.91. The molecule has 6 rings (SSSR count). The second-order valence-corrected chi connectivity index (χ2v) is 9.91. The van der Waals surface area contributed by atoms with Crippen molar-refractivity contribution in [2.24, 2.45) is 5.92 Å². The Hall–Kier alpha value is -1.45. The summed E-state index contributed by atoms with van der Waals surface area (Å²) >= 11 is 5.68. The quantitative estimate of drug-likeness (QED) is 0.502. The van der Waals surface area contributed by atoms with Crippen LogP contribution in [0.3, 0.4) is 0 Å². The van der Waals surface area contributed by atoms with Crippen LogP contribution in [0.1, 0.15) is 32.1 Å². The number of rotatable bonds is 7. The van der Waals surface area contributed by atoms with Gasteiger partial charge in [-0.25, -0.2) is 4.39 Å². The van der Waals surface area contributed by atoms with Crippen LogP contribution in [0, 0.1) is 11.7 Å². The SMILES string of the molecule is O=C(COc1ccc(Cl)c(F)c1)NC12CC(C1)C(NC1CCNC(N3CCNC3)C1)C2. The molecule has 170 valence electrons. The van der Waals surface area contributed by atoms with Gasteiger partial charge in [-0.2, -0.15) is 0 Å². The molecule has 1 aromatic rings. The molecule has 3 aliphatic carbocycles. The van der Waals surface area contributed by atoms with E-state index in [2.05, 4.69) is 26.2 Å². The van der Waals surface area contributed by atoms with Gasteiger partial charge in [-0.15, -0.1) is 0 Å². The van der Waals surface area contributed by atoms with E-state index in [-0.39, 0.29) is 23.1 Å². The first-order valence-electron chi connectivity index (χ1n) is 11.3. The summed E-state index contributed by atoms with van der Waals surface area (Å²) in [4.78, 5) is 14.9. The van der Waals surface area contributed by atoms with Crippen molar-refractivity contribution < 1.29 is 13.9 Å². The lowest BCUT2D eigenvalue weighted by Crippen LogP contribution is -2.55. The Morgan fingerprint density at radius 1 is 1.32 bits per heavy atom. The van der Waals surface area contributed by atoms with Crippen LogP contribution >= 0.6 is 11.6 Å². The highest BCUT2D eigenvalue weighted by Gasteiger charge is 2.57. The Labute approximate surface area is 187 Å². The van der Waals surface area contributed by atoms with Crippen LogP contribution < -0.4 is 26.0 Å².